The zero-order valence-electron chi connectivity index (χ0n) is 13.0. The molecule has 2 amide bonds. The molecule has 0 spiro atoms. The summed E-state index contributed by atoms with van der Waals surface area (Å²) in [4.78, 5) is 38.2. The van der Waals surface area contributed by atoms with Crippen LogP contribution in [0.15, 0.2) is 0 Å². The summed E-state index contributed by atoms with van der Waals surface area (Å²) in [6.45, 7) is 5.39. The van der Waals surface area contributed by atoms with Gasteiger partial charge in [0.05, 0.1) is 13.0 Å². The number of carboxylic acids is 1. The van der Waals surface area contributed by atoms with Crippen LogP contribution in [0, 0.1) is 5.92 Å². The lowest BCUT2D eigenvalue weighted by atomic mass is 10.2. The molecule has 6 heteroatoms. The van der Waals surface area contributed by atoms with Crippen molar-refractivity contribution in [3.05, 3.63) is 0 Å². The van der Waals surface area contributed by atoms with Gasteiger partial charge in [-0.2, -0.15) is 0 Å². The molecule has 120 valence electrons. The molecule has 0 aromatic carbocycles. The predicted molar refractivity (Wildman–Crippen MR) is 78.7 cm³/mol. The number of carbonyl (C=O) groups is 3. The molecule has 1 aliphatic rings. The van der Waals surface area contributed by atoms with Crippen molar-refractivity contribution in [1.29, 1.82) is 0 Å². The Balaban J connectivity index is 2.60. The van der Waals surface area contributed by atoms with Gasteiger partial charge in [0.15, 0.2) is 0 Å². The zero-order chi connectivity index (χ0) is 15.8. The van der Waals surface area contributed by atoms with Crippen molar-refractivity contribution >= 4 is 17.8 Å². The number of hydrogen-bond acceptors (Lipinski definition) is 3. The van der Waals surface area contributed by atoms with Crippen LogP contribution < -0.4 is 0 Å². The highest BCUT2D eigenvalue weighted by Gasteiger charge is 2.23. The van der Waals surface area contributed by atoms with Crippen molar-refractivity contribution in [2.24, 2.45) is 5.92 Å². The molecule has 0 aromatic rings. The minimum absolute atomic E-state index is 0.0311. The first-order chi connectivity index (χ1) is 9.90. The molecule has 0 bridgehead atoms. The average Bonchev–Trinajstić information content (AvgIpc) is 2.59. The number of hydrogen-bond donors (Lipinski definition) is 1. The third-order valence-electron chi connectivity index (χ3n) is 3.53. The summed E-state index contributed by atoms with van der Waals surface area (Å²) in [6, 6.07) is 0. The first-order valence-electron chi connectivity index (χ1n) is 7.67. The Kier molecular flexibility index (Phi) is 7.19. The number of rotatable bonds is 7. The minimum Gasteiger partial charge on any atom is -0.481 e. The standard InChI is InChI=1S/C15H26N2O4/c1-12(2)10-17(9-7-15(20)21)14(19)11-16-8-5-3-4-6-13(16)18/h12H,3-11H2,1-2H3,(H,20,21). The minimum atomic E-state index is -0.914. The van der Waals surface area contributed by atoms with E-state index in [0.717, 1.165) is 19.3 Å². The molecule has 1 saturated heterocycles. The SMILES string of the molecule is CC(C)CN(CCC(=O)O)C(=O)CN1CCCCCC1=O. The van der Waals surface area contributed by atoms with E-state index in [4.69, 9.17) is 5.11 Å². The summed E-state index contributed by atoms with van der Waals surface area (Å²) in [5, 5.41) is 8.78. The van der Waals surface area contributed by atoms with Gasteiger partial charge in [-0.15, -0.1) is 0 Å². The van der Waals surface area contributed by atoms with Gasteiger partial charge in [0.1, 0.15) is 0 Å². The van der Waals surface area contributed by atoms with Gasteiger partial charge in [-0.3, -0.25) is 14.4 Å². The van der Waals surface area contributed by atoms with Crippen LogP contribution in [-0.4, -0.2) is 58.9 Å². The Hall–Kier alpha value is -1.59. The molecule has 0 atom stereocenters. The first-order valence-corrected chi connectivity index (χ1v) is 7.67. The molecule has 0 unspecified atom stereocenters. The van der Waals surface area contributed by atoms with Crippen LogP contribution in [-0.2, 0) is 14.4 Å². The zero-order valence-corrected chi connectivity index (χ0v) is 13.0. The summed E-state index contributed by atoms with van der Waals surface area (Å²) in [6.07, 6.45) is 3.28. The Morgan fingerprint density at radius 2 is 2.00 bits per heavy atom. The predicted octanol–water partition coefficient (Wildman–Crippen LogP) is 1.35. The summed E-state index contributed by atoms with van der Waals surface area (Å²) < 4.78 is 0. The van der Waals surface area contributed by atoms with E-state index in [2.05, 4.69) is 0 Å². The van der Waals surface area contributed by atoms with Crippen LogP contribution in [0.4, 0.5) is 0 Å². The van der Waals surface area contributed by atoms with Gasteiger partial charge >= 0.3 is 5.97 Å². The van der Waals surface area contributed by atoms with E-state index in [1.54, 1.807) is 9.80 Å². The molecular formula is C15H26N2O4. The van der Waals surface area contributed by atoms with E-state index >= 15 is 0 Å². The van der Waals surface area contributed by atoms with E-state index in [9.17, 15) is 14.4 Å². The number of carbonyl (C=O) groups excluding carboxylic acids is 2. The van der Waals surface area contributed by atoms with Gasteiger partial charge < -0.3 is 14.9 Å². The Morgan fingerprint density at radius 1 is 1.29 bits per heavy atom. The van der Waals surface area contributed by atoms with Crippen LogP contribution in [0.5, 0.6) is 0 Å². The second kappa shape index (κ2) is 8.64. The van der Waals surface area contributed by atoms with Gasteiger partial charge in [0.25, 0.3) is 0 Å². The summed E-state index contributed by atoms with van der Waals surface area (Å²) in [5.74, 6) is -0.770. The molecule has 1 fully saturated rings. The molecule has 6 nitrogen and oxygen atoms in total. The third kappa shape index (κ3) is 6.60. The average molecular weight is 298 g/mol. The molecule has 0 aliphatic carbocycles. The molecule has 1 aliphatic heterocycles. The van der Waals surface area contributed by atoms with Crippen LogP contribution >= 0.6 is 0 Å². The largest absolute Gasteiger partial charge is 0.481 e. The van der Waals surface area contributed by atoms with Gasteiger partial charge in [-0.25, -0.2) is 0 Å². The normalized spacial score (nSPS) is 16.0. The van der Waals surface area contributed by atoms with Crippen LogP contribution in [0.25, 0.3) is 0 Å². The molecule has 0 radical (unpaired) electrons. The molecule has 1 heterocycles. The smallest absolute Gasteiger partial charge is 0.305 e. The van der Waals surface area contributed by atoms with Crippen LogP contribution in [0.1, 0.15) is 46.0 Å². The summed E-state index contributed by atoms with van der Waals surface area (Å²) in [7, 11) is 0. The maximum atomic E-state index is 12.4. The second-order valence-corrected chi connectivity index (χ2v) is 6.00. The number of amides is 2. The van der Waals surface area contributed by atoms with Gasteiger partial charge in [0.2, 0.25) is 11.8 Å². The van der Waals surface area contributed by atoms with E-state index in [-0.39, 0.29) is 37.2 Å². The number of nitrogens with zero attached hydrogens (tertiary/aromatic N) is 2. The summed E-state index contributed by atoms with van der Waals surface area (Å²) >= 11 is 0. The lowest BCUT2D eigenvalue weighted by Gasteiger charge is -2.27. The van der Waals surface area contributed by atoms with Crippen molar-refractivity contribution < 1.29 is 19.5 Å². The van der Waals surface area contributed by atoms with E-state index in [1.165, 1.54) is 0 Å². The van der Waals surface area contributed by atoms with Gasteiger partial charge in [-0.1, -0.05) is 20.3 Å². The Labute approximate surface area is 126 Å². The fourth-order valence-electron chi connectivity index (χ4n) is 2.46. The highest BCUT2D eigenvalue weighted by Crippen LogP contribution is 2.12. The molecule has 0 aromatic heterocycles. The second-order valence-electron chi connectivity index (χ2n) is 6.00. The number of likely N-dealkylation sites (tertiary alicyclic amines) is 1. The maximum absolute atomic E-state index is 12.4. The fourth-order valence-corrected chi connectivity index (χ4v) is 2.46. The lowest BCUT2D eigenvalue weighted by Crippen LogP contribution is -2.44. The van der Waals surface area contributed by atoms with Gasteiger partial charge in [-0.05, 0) is 18.8 Å². The maximum Gasteiger partial charge on any atom is 0.305 e. The van der Waals surface area contributed by atoms with E-state index in [0.29, 0.717) is 19.5 Å². The monoisotopic (exact) mass is 298 g/mol. The van der Waals surface area contributed by atoms with Gasteiger partial charge in [0, 0.05) is 26.1 Å². The quantitative estimate of drug-likeness (QED) is 0.769. The molecule has 21 heavy (non-hydrogen) atoms. The highest BCUT2D eigenvalue weighted by molar-refractivity contribution is 5.85. The van der Waals surface area contributed by atoms with Crippen molar-refractivity contribution in [2.75, 3.05) is 26.2 Å². The molecular weight excluding hydrogens is 272 g/mol. The van der Waals surface area contributed by atoms with Crippen molar-refractivity contribution in [3.8, 4) is 0 Å². The molecule has 1 rings (SSSR count). The lowest BCUT2D eigenvalue weighted by molar-refractivity contribution is -0.142. The number of carboxylic acid groups (broad SMARTS) is 1. The van der Waals surface area contributed by atoms with Crippen molar-refractivity contribution in [3.63, 3.8) is 0 Å². The summed E-state index contributed by atoms with van der Waals surface area (Å²) in [5.41, 5.74) is 0. The van der Waals surface area contributed by atoms with Crippen LogP contribution in [0.3, 0.4) is 0 Å². The topological polar surface area (TPSA) is 77.9 Å². The molecule has 1 N–H and O–H groups in total. The third-order valence-corrected chi connectivity index (χ3v) is 3.53. The first kappa shape index (κ1) is 17.5. The number of aliphatic carboxylic acids is 1. The van der Waals surface area contributed by atoms with E-state index < -0.39 is 5.97 Å². The Morgan fingerprint density at radius 3 is 2.62 bits per heavy atom. The van der Waals surface area contributed by atoms with E-state index in [1.807, 2.05) is 13.8 Å². The highest BCUT2D eigenvalue weighted by atomic mass is 16.4. The fraction of sp³-hybridized carbons (Fsp3) is 0.800. The Bertz CT molecular complexity index is 382. The van der Waals surface area contributed by atoms with Crippen molar-refractivity contribution in [2.45, 2.75) is 46.0 Å². The van der Waals surface area contributed by atoms with Crippen molar-refractivity contribution in [1.82, 2.24) is 9.80 Å². The van der Waals surface area contributed by atoms with Crippen LogP contribution in [0.2, 0.25) is 0 Å². The molecule has 0 saturated carbocycles.